The number of rotatable bonds is 4. The van der Waals surface area contributed by atoms with Gasteiger partial charge in [0, 0.05) is 18.1 Å². The lowest BCUT2D eigenvalue weighted by Gasteiger charge is -2.34. The van der Waals surface area contributed by atoms with Gasteiger partial charge < -0.3 is 5.11 Å². The molecule has 0 aromatic heterocycles. The molecule has 19 heavy (non-hydrogen) atoms. The van der Waals surface area contributed by atoms with Crippen LogP contribution in [0.5, 0.6) is 0 Å². The summed E-state index contributed by atoms with van der Waals surface area (Å²) in [6.45, 7) is 1.48. The summed E-state index contributed by atoms with van der Waals surface area (Å²) in [6, 6.07) is 3.14. The van der Waals surface area contributed by atoms with E-state index in [1.54, 1.807) is 20.0 Å². The fraction of sp³-hybridized carbons (Fsp3) is 0.538. The molecule has 0 unspecified atom stereocenters. The predicted molar refractivity (Wildman–Crippen MR) is 74.7 cm³/mol. The van der Waals surface area contributed by atoms with Crippen molar-refractivity contribution in [2.45, 2.75) is 43.7 Å². The third kappa shape index (κ3) is 2.65. The predicted octanol–water partition coefficient (Wildman–Crippen LogP) is 2.31. The van der Waals surface area contributed by atoms with Crippen LogP contribution in [0.25, 0.3) is 0 Å². The maximum atomic E-state index is 12.6. The van der Waals surface area contributed by atoms with E-state index in [4.69, 9.17) is 11.6 Å². The van der Waals surface area contributed by atoms with Crippen molar-refractivity contribution in [2.24, 2.45) is 0 Å². The summed E-state index contributed by atoms with van der Waals surface area (Å²) < 4.78 is 26.6. The summed E-state index contributed by atoms with van der Waals surface area (Å²) in [7, 11) is -1.94. The summed E-state index contributed by atoms with van der Waals surface area (Å²) in [5, 5.41) is 9.60. The Kier molecular flexibility index (Phi) is 4.20. The van der Waals surface area contributed by atoms with Gasteiger partial charge in [0.25, 0.3) is 0 Å². The Bertz CT molecular complexity index is 582. The zero-order valence-electron chi connectivity index (χ0n) is 11.1. The number of halogens is 1. The first-order valence-corrected chi connectivity index (χ1v) is 8.07. The molecule has 0 amide bonds. The van der Waals surface area contributed by atoms with Crippen molar-refractivity contribution in [1.82, 2.24) is 4.31 Å². The smallest absolute Gasteiger partial charge is 0.243 e. The van der Waals surface area contributed by atoms with Crippen molar-refractivity contribution in [3.05, 3.63) is 28.3 Å². The summed E-state index contributed by atoms with van der Waals surface area (Å²) in [5.41, 5.74) is 1.12. The molecule has 0 atom stereocenters. The standard InChI is InChI=1S/C13H18ClNO3S/c1-9-10(8-16)6-11(14)7-13(9)19(17,18)15(2)12-4-3-5-12/h6-7,12,16H,3-5,8H2,1-2H3. The first-order valence-electron chi connectivity index (χ1n) is 6.26. The highest BCUT2D eigenvalue weighted by Crippen LogP contribution is 2.32. The zero-order valence-corrected chi connectivity index (χ0v) is 12.6. The zero-order chi connectivity index (χ0) is 14.2. The van der Waals surface area contributed by atoms with E-state index >= 15 is 0 Å². The molecule has 1 aliphatic carbocycles. The van der Waals surface area contributed by atoms with Crippen LogP contribution in [-0.4, -0.2) is 30.9 Å². The summed E-state index contributed by atoms with van der Waals surface area (Å²) in [6.07, 6.45) is 2.88. The number of sulfonamides is 1. The van der Waals surface area contributed by atoms with Gasteiger partial charge in [0.15, 0.2) is 0 Å². The second-order valence-corrected chi connectivity index (χ2v) is 7.35. The fourth-order valence-corrected chi connectivity index (χ4v) is 4.25. The Morgan fingerprint density at radius 1 is 1.42 bits per heavy atom. The number of nitrogens with zero attached hydrogens (tertiary/aromatic N) is 1. The second-order valence-electron chi connectivity index (χ2n) is 4.95. The monoisotopic (exact) mass is 303 g/mol. The van der Waals surface area contributed by atoms with Crippen molar-refractivity contribution >= 4 is 21.6 Å². The Morgan fingerprint density at radius 3 is 2.53 bits per heavy atom. The van der Waals surface area contributed by atoms with E-state index in [9.17, 15) is 13.5 Å². The van der Waals surface area contributed by atoms with Crippen LogP contribution in [0.2, 0.25) is 5.02 Å². The van der Waals surface area contributed by atoms with Crippen LogP contribution in [-0.2, 0) is 16.6 Å². The molecule has 0 radical (unpaired) electrons. The third-order valence-corrected chi connectivity index (χ3v) is 6.10. The largest absolute Gasteiger partial charge is 0.392 e. The molecule has 6 heteroatoms. The lowest BCUT2D eigenvalue weighted by Crippen LogP contribution is -2.41. The van der Waals surface area contributed by atoms with Gasteiger partial charge >= 0.3 is 0 Å². The van der Waals surface area contributed by atoms with Gasteiger partial charge in [0.1, 0.15) is 0 Å². The Morgan fingerprint density at radius 2 is 2.05 bits per heavy atom. The highest BCUT2D eigenvalue weighted by Gasteiger charge is 2.33. The van der Waals surface area contributed by atoms with Crippen molar-refractivity contribution in [1.29, 1.82) is 0 Å². The molecule has 0 aliphatic heterocycles. The van der Waals surface area contributed by atoms with Crippen LogP contribution in [0.3, 0.4) is 0 Å². The van der Waals surface area contributed by atoms with Gasteiger partial charge in [0.2, 0.25) is 10.0 Å². The van der Waals surface area contributed by atoms with Gasteiger partial charge in [-0.2, -0.15) is 4.31 Å². The van der Waals surface area contributed by atoms with E-state index in [0.29, 0.717) is 16.1 Å². The molecule has 4 nitrogen and oxygen atoms in total. The van der Waals surface area contributed by atoms with Crippen molar-refractivity contribution in [3.8, 4) is 0 Å². The van der Waals surface area contributed by atoms with Crippen LogP contribution < -0.4 is 0 Å². The van der Waals surface area contributed by atoms with Gasteiger partial charge in [-0.15, -0.1) is 0 Å². The van der Waals surface area contributed by atoms with E-state index in [1.807, 2.05) is 0 Å². The molecular formula is C13H18ClNO3S. The number of aliphatic hydroxyl groups is 1. The lowest BCUT2D eigenvalue weighted by molar-refractivity contribution is 0.249. The van der Waals surface area contributed by atoms with Crippen LogP contribution in [0.15, 0.2) is 17.0 Å². The van der Waals surface area contributed by atoms with Gasteiger partial charge in [-0.25, -0.2) is 8.42 Å². The molecular weight excluding hydrogens is 286 g/mol. The average Bonchev–Trinajstić information content (AvgIpc) is 2.29. The minimum Gasteiger partial charge on any atom is -0.392 e. The number of hydrogen-bond acceptors (Lipinski definition) is 3. The van der Waals surface area contributed by atoms with Gasteiger partial charge in [0.05, 0.1) is 11.5 Å². The van der Waals surface area contributed by atoms with Gasteiger partial charge in [-0.1, -0.05) is 18.0 Å². The molecule has 1 aromatic rings. The number of hydrogen-bond donors (Lipinski definition) is 1. The second kappa shape index (κ2) is 5.40. The van der Waals surface area contributed by atoms with Crippen molar-refractivity contribution in [3.63, 3.8) is 0 Å². The van der Waals surface area contributed by atoms with Gasteiger partial charge in [-0.3, -0.25) is 0 Å². The van der Waals surface area contributed by atoms with Crippen LogP contribution >= 0.6 is 11.6 Å². The van der Waals surface area contributed by atoms with E-state index in [0.717, 1.165) is 19.3 Å². The Hall–Kier alpha value is -0.620. The summed E-state index contributed by atoms with van der Waals surface area (Å²) in [4.78, 5) is 0.193. The highest BCUT2D eigenvalue weighted by molar-refractivity contribution is 7.89. The molecule has 1 N–H and O–H groups in total. The SMILES string of the molecule is Cc1c(CO)cc(Cl)cc1S(=O)(=O)N(C)C1CCC1. The molecule has 0 heterocycles. The molecule has 1 aliphatic rings. The maximum absolute atomic E-state index is 12.6. The van der Waals surface area contributed by atoms with Gasteiger partial charge in [-0.05, 0) is 43.0 Å². The first-order chi connectivity index (χ1) is 8.87. The lowest BCUT2D eigenvalue weighted by atomic mass is 9.94. The van der Waals surface area contributed by atoms with Crippen molar-refractivity contribution in [2.75, 3.05) is 7.05 Å². The molecule has 0 spiro atoms. The van der Waals surface area contributed by atoms with Crippen LogP contribution in [0.4, 0.5) is 0 Å². The minimum absolute atomic E-state index is 0.0842. The fourth-order valence-electron chi connectivity index (χ4n) is 2.24. The topological polar surface area (TPSA) is 57.6 Å². The number of aliphatic hydroxyl groups excluding tert-OH is 1. The van der Waals surface area contributed by atoms with E-state index in [2.05, 4.69) is 0 Å². The summed E-state index contributed by atoms with van der Waals surface area (Å²) >= 11 is 5.94. The Labute approximate surface area is 119 Å². The quantitative estimate of drug-likeness (QED) is 0.928. The average molecular weight is 304 g/mol. The van der Waals surface area contributed by atoms with E-state index in [1.165, 1.54) is 10.4 Å². The molecule has 0 saturated heterocycles. The molecule has 1 saturated carbocycles. The third-order valence-electron chi connectivity index (χ3n) is 3.85. The Balaban J connectivity index is 2.47. The molecule has 1 fully saturated rings. The first kappa shape index (κ1) is 14.8. The number of benzene rings is 1. The molecule has 1 aromatic carbocycles. The molecule has 0 bridgehead atoms. The van der Waals surface area contributed by atoms with Crippen LogP contribution in [0.1, 0.15) is 30.4 Å². The highest BCUT2D eigenvalue weighted by atomic mass is 35.5. The summed E-state index contributed by atoms with van der Waals surface area (Å²) in [5.74, 6) is 0. The minimum atomic E-state index is -3.55. The maximum Gasteiger partial charge on any atom is 0.243 e. The molecule has 106 valence electrons. The van der Waals surface area contributed by atoms with E-state index in [-0.39, 0.29) is 17.5 Å². The normalized spacial score (nSPS) is 16.7. The van der Waals surface area contributed by atoms with Crippen LogP contribution in [0, 0.1) is 6.92 Å². The molecule has 2 rings (SSSR count). The van der Waals surface area contributed by atoms with E-state index < -0.39 is 10.0 Å². The van der Waals surface area contributed by atoms with Crippen molar-refractivity contribution < 1.29 is 13.5 Å².